The van der Waals surface area contributed by atoms with Gasteiger partial charge in [-0.2, -0.15) is 0 Å². The summed E-state index contributed by atoms with van der Waals surface area (Å²) in [5.74, 6) is 0.530. The number of hydrogen-bond donors (Lipinski definition) is 3. The van der Waals surface area contributed by atoms with Crippen molar-refractivity contribution in [1.82, 2.24) is 15.5 Å². The maximum absolute atomic E-state index is 12.1. The van der Waals surface area contributed by atoms with Crippen molar-refractivity contribution in [3.05, 3.63) is 0 Å². The Balaban J connectivity index is 1.72. The molecule has 0 aromatic rings. The first-order valence-electron chi connectivity index (χ1n) is 9.24. The fraction of sp³-hybridized carbons (Fsp3) is 0.944. The molecule has 0 spiro atoms. The summed E-state index contributed by atoms with van der Waals surface area (Å²) < 4.78 is 0. The van der Waals surface area contributed by atoms with Crippen LogP contribution in [-0.2, 0) is 0 Å². The maximum Gasteiger partial charge on any atom is 0.315 e. The van der Waals surface area contributed by atoms with Gasteiger partial charge in [0, 0.05) is 25.2 Å². The molecule has 3 atom stereocenters. The monoisotopic (exact) mass is 325 g/mol. The number of nitrogens with zero attached hydrogens (tertiary/aromatic N) is 1. The fourth-order valence-electron chi connectivity index (χ4n) is 3.40. The Morgan fingerprint density at radius 3 is 2.52 bits per heavy atom. The van der Waals surface area contributed by atoms with Crippen LogP contribution in [0.1, 0.15) is 59.8 Å². The molecular formula is C18H35N3O2. The summed E-state index contributed by atoms with van der Waals surface area (Å²) in [6.45, 7) is 10.6. The van der Waals surface area contributed by atoms with Crippen molar-refractivity contribution in [1.29, 1.82) is 0 Å². The molecule has 3 unspecified atom stereocenters. The first-order valence-corrected chi connectivity index (χ1v) is 9.24. The molecule has 3 N–H and O–H groups in total. The molecule has 0 aromatic carbocycles. The highest BCUT2D eigenvalue weighted by atomic mass is 16.3. The summed E-state index contributed by atoms with van der Waals surface area (Å²) >= 11 is 0. The van der Waals surface area contributed by atoms with Crippen molar-refractivity contribution in [3.8, 4) is 0 Å². The first kappa shape index (κ1) is 18.5. The fourth-order valence-corrected chi connectivity index (χ4v) is 3.40. The molecule has 2 amide bonds. The summed E-state index contributed by atoms with van der Waals surface area (Å²) in [4.78, 5) is 14.7. The van der Waals surface area contributed by atoms with Crippen LogP contribution in [0.15, 0.2) is 0 Å². The second-order valence-corrected chi connectivity index (χ2v) is 8.51. The molecule has 1 heterocycles. The van der Waals surface area contributed by atoms with E-state index in [1.165, 1.54) is 38.6 Å². The van der Waals surface area contributed by atoms with E-state index in [2.05, 4.69) is 22.5 Å². The van der Waals surface area contributed by atoms with Gasteiger partial charge >= 0.3 is 6.03 Å². The van der Waals surface area contributed by atoms with Crippen LogP contribution in [0.2, 0.25) is 0 Å². The minimum absolute atomic E-state index is 0.165. The lowest BCUT2D eigenvalue weighted by Crippen LogP contribution is -2.53. The van der Waals surface area contributed by atoms with Crippen molar-refractivity contribution in [2.45, 2.75) is 78.0 Å². The van der Waals surface area contributed by atoms with Crippen LogP contribution in [0.4, 0.5) is 4.79 Å². The van der Waals surface area contributed by atoms with Gasteiger partial charge in [-0.05, 0) is 50.5 Å². The number of urea groups is 1. The van der Waals surface area contributed by atoms with E-state index in [1.807, 2.05) is 20.8 Å². The minimum Gasteiger partial charge on any atom is -0.391 e. The molecule has 0 bridgehead atoms. The number of aliphatic hydroxyl groups is 1. The molecular weight excluding hydrogens is 290 g/mol. The third-order valence-electron chi connectivity index (χ3n) is 5.60. The highest BCUT2D eigenvalue weighted by molar-refractivity contribution is 5.74. The smallest absolute Gasteiger partial charge is 0.315 e. The number of hydrogen-bond acceptors (Lipinski definition) is 3. The normalized spacial score (nSPS) is 26.2. The second kappa shape index (κ2) is 7.84. The number of amides is 2. The molecule has 0 radical (unpaired) electrons. The van der Waals surface area contributed by atoms with E-state index in [0.29, 0.717) is 12.5 Å². The predicted octanol–water partition coefficient (Wildman–Crippen LogP) is 2.35. The van der Waals surface area contributed by atoms with Crippen LogP contribution in [0.3, 0.4) is 0 Å². The van der Waals surface area contributed by atoms with Gasteiger partial charge < -0.3 is 20.6 Å². The largest absolute Gasteiger partial charge is 0.391 e. The Bertz CT molecular complexity index is 390. The van der Waals surface area contributed by atoms with Crippen LogP contribution in [0.25, 0.3) is 0 Å². The Morgan fingerprint density at radius 2 is 1.96 bits per heavy atom. The quantitative estimate of drug-likeness (QED) is 0.727. The van der Waals surface area contributed by atoms with E-state index >= 15 is 0 Å². The molecule has 1 aliphatic heterocycles. The maximum atomic E-state index is 12.1. The lowest BCUT2D eigenvalue weighted by Gasteiger charge is -2.43. The second-order valence-electron chi connectivity index (χ2n) is 8.51. The average molecular weight is 325 g/mol. The van der Waals surface area contributed by atoms with Crippen molar-refractivity contribution in [2.75, 3.05) is 19.6 Å². The van der Waals surface area contributed by atoms with Crippen LogP contribution >= 0.6 is 0 Å². The number of carbonyl (C=O) groups excluding carboxylic acids is 1. The highest BCUT2D eigenvalue weighted by Crippen LogP contribution is 2.30. The van der Waals surface area contributed by atoms with Gasteiger partial charge in [0.2, 0.25) is 0 Å². The van der Waals surface area contributed by atoms with Gasteiger partial charge in [-0.15, -0.1) is 0 Å². The van der Waals surface area contributed by atoms with Gasteiger partial charge in [-0.1, -0.05) is 27.2 Å². The van der Waals surface area contributed by atoms with Gasteiger partial charge in [-0.3, -0.25) is 0 Å². The number of rotatable bonds is 5. The molecule has 23 heavy (non-hydrogen) atoms. The van der Waals surface area contributed by atoms with E-state index in [9.17, 15) is 9.90 Å². The Morgan fingerprint density at radius 1 is 1.26 bits per heavy atom. The molecule has 1 aliphatic carbocycles. The molecule has 2 rings (SSSR count). The number of likely N-dealkylation sites (tertiary alicyclic amines) is 1. The molecule has 2 fully saturated rings. The molecule has 5 heteroatoms. The lowest BCUT2D eigenvalue weighted by molar-refractivity contribution is 0.0625. The zero-order valence-electron chi connectivity index (χ0n) is 15.3. The summed E-state index contributed by atoms with van der Waals surface area (Å²) in [7, 11) is 0. The Kier molecular flexibility index (Phi) is 6.32. The molecule has 1 saturated heterocycles. The number of carbonyl (C=O) groups is 1. The highest BCUT2D eigenvalue weighted by Gasteiger charge is 2.32. The van der Waals surface area contributed by atoms with E-state index in [0.717, 1.165) is 12.6 Å². The summed E-state index contributed by atoms with van der Waals surface area (Å²) in [6, 6.07) is 0.798. The minimum atomic E-state index is -0.535. The molecule has 0 aromatic heterocycles. The average Bonchev–Trinajstić information content (AvgIpc) is 2.42. The molecule has 134 valence electrons. The Labute approximate surface area is 141 Å². The van der Waals surface area contributed by atoms with E-state index < -0.39 is 6.10 Å². The number of nitrogens with one attached hydrogen (secondary N) is 2. The molecule has 1 saturated carbocycles. The van der Waals surface area contributed by atoms with Crippen molar-refractivity contribution in [3.63, 3.8) is 0 Å². The van der Waals surface area contributed by atoms with Gasteiger partial charge in [0.25, 0.3) is 0 Å². The third-order valence-corrected chi connectivity index (χ3v) is 5.60. The van der Waals surface area contributed by atoms with Crippen LogP contribution in [0.5, 0.6) is 0 Å². The SMILES string of the molecule is CC(NC(=O)NCC(O)C(C)(C)C)C1CCCN(C2CCC2)C1. The van der Waals surface area contributed by atoms with Crippen LogP contribution in [-0.4, -0.2) is 53.9 Å². The van der Waals surface area contributed by atoms with Crippen LogP contribution < -0.4 is 10.6 Å². The Hall–Kier alpha value is -0.810. The third kappa shape index (κ3) is 5.35. The van der Waals surface area contributed by atoms with Crippen LogP contribution in [0, 0.1) is 11.3 Å². The predicted molar refractivity (Wildman–Crippen MR) is 93.4 cm³/mol. The van der Waals surface area contributed by atoms with Gasteiger partial charge in [0.1, 0.15) is 0 Å². The summed E-state index contributed by atoms with van der Waals surface area (Å²) in [6.07, 6.45) is 5.96. The summed E-state index contributed by atoms with van der Waals surface area (Å²) in [5.41, 5.74) is -0.217. The van der Waals surface area contributed by atoms with Crippen molar-refractivity contribution < 1.29 is 9.90 Å². The van der Waals surface area contributed by atoms with E-state index in [4.69, 9.17) is 0 Å². The van der Waals surface area contributed by atoms with E-state index in [-0.39, 0.29) is 17.5 Å². The first-order chi connectivity index (χ1) is 10.8. The molecule has 5 nitrogen and oxygen atoms in total. The number of aliphatic hydroxyl groups excluding tert-OH is 1. The number of piperidine rings is 1. The topological polar surface area (TPSA) is 64.6 Å². The van der Waals surface area contributed by atoms with Gasteiger partial charge in [0.05, 0.1) is 6.10 Å². The van der Waals surface area contributed by atoms with Gasteiger partial charge in [-0.25, -0.2) is 4.79 Å². The lowest BCUT2D eigenvalue weighted by atomic mass is 9.85. The standard InChI is InChI=1S/C18H35N3O2/c1-13(20-17(23)19-11-16(22)18(2,3)4)14-7-6-10-21(12-14)15-8-5-9-15/h13-16,22H,5-12H2,1-4H3,(H2,19,20,23). The zero-order valence-corrected chi connectivity index (χ0v) is 15.3. The van der Waals surface area contributed by atoms with Gasteiger partial charge in [0.15, 0.2) is 0 Å². The molecule has 2 aliphatic rings. The van der Waals surface area contributed by atoms with Crippen molar-refractivity contribution >= 4 is 6.03 Å². The summed E-state index contributed by atoms with van der Waals surface area (Å²) in [5, 5.41) is 15.9. The zero-order chi connectivity index (χ0) is 17.0. The van der Waals surface area contributed by atoms with Crippen molar-refractivity contribution in [2.24, 2.45) is 11.3 Å². The van der Waals surface area contributed by atoms with E-state index in [1.54, 1.807) is 0 Å².